The molecule has 0 spiro atoms. The van der Waals surface area contributed by atoms with Gasteiger partial charge in [-0.1, -0.05) is 12.1 Å². The molecule has 2 N–H and O–H groups in total. The quantitative estimate of drug-likeness (QED) is 0.362. The van der Waals surface area contributed by atoms with Gasteiger partial charge in [0.05, 0.1) is 17.7 Å². The maximum absolute atomic E-state index is 13.1. The lowest BCUT2D eigenvalue weighted by molar-refractivity contribution is 0.102. The summed E-state index contributed by atoms with van der Waals surface area (Å²) in [5.41, 5.74) is 3.31. The Morgan fingerprint density at radius 3 is 2.34 bits per heavy atom. The van der Waals surface area contributed by atoms with Crippen LogP contribution in [-0.2, 0) is 10.0 Å². The fraction of sp³-hybridized carbons (Fsp3) is 0.154. The number of benzene rings is 3. The van der Waals surface area contributed by atoms with Crippen LogP contribution in [0.3, 0.4) is 0 Å². The van der Waals surface area contributed by atoms with Crippen molar-refractivity contribution < 1.29 is 22.4 Å². The van der Waals surface area contributed by atoms with E-state index in [0.29, 0.717) is 28.6 Å². The Labute approximate surface area is 204 Å². The molecule has 3 aromatic carbocycles. The Balaban J connectivity index is 1.56. The molecule has 0 fully saturated rings. The third kappa shape index (κ3) is 5.36. The van der Waals surface area contributed by atoms with Gasteiger partial charge in [0.2, 0.25) is 5.89 Å². The van der Waals surface area contributed by atoms with Crippen LogP contribution in [0.15, 0.2) is 76.0 Å². The van der Waals surface area contributed by atoms with Gasteiger partial charge in [-0.3, -0.25) is 9.52 Å². The van der Waals surface area contributed by atoms with Crippen molar-refractivity contribution in [1.82, 2.24) is 4.98 Å². The zero-order valence-electron chi connectivity index (χ0n) is 19.7. The normalized spacial score (nSPS) is 11.2. The zero-order valence-corrected chi connectivity index (χ0v) is 20.6. The summed E-state index contributed by atoms with van der Waals surface area (Å²) in [5, 5.41) is 2.83. The highest BCUT2D eigenvalue weighted by Crippen LogP contribution is 2.25. The highest BCUT2D eigenvalue weighted by Gasteiger charge is 2.19. The second-order valence-corrected chi connectivity index (χ2v) is 9.69. The Morgan fingerprint density at radius 2 is 1.69 bits per heavy atom. The molecule has 8 nitrogen and oxygen atoms in total. The van der Waals surface area contributed by atoms with Gasteiger partial charge >= 0.3 is 0 Å². The monoisotopic (exact) mass is 491 g/mol. The molecule has 0 atom stereocenters. The van der Waals surface area contributed by atoms with Crippen LogP contribution in [0.2, 0.25) is 0 Å². The first-order valence-electron chi connectivity index (χ1n) is 10.8. The maximum atomic E-state index is 13.1. The summed E-state index contributed by atoms with van der Waals surface area (Å²) in [4.78, 5) is 17.4. The van der Waals surface area contributed by atoms with E-state index in [4.69, 9.17) is 9.15 Å². The minimum absolute atomic E-state index is 0.0245. The van der Waals surface area contributed by atoms with Gasteiger partial charge in [-0.15, -0.1) is 0 Å². The second-order valence-electron chi connectivity index (χ2n) is 8.01. The summed E-state index contributed by atoms with van der Waals surface area (Å²) in [6.45, 7) is 5.45. The van der Waals surface area contributed by atoms with Crippen molar-refractivity contribution in [3.05, 3.63) is 89.3 Å². The van der Waals surface area contributed by atoms with Crippen LogP contribution >= 0.6 is 0 Å². The highest BCUT2D eigenvalue weighted by molar-refractivity contribution is 7.92. The number of carbonyl (C=O) groups excluding carboxylic acids is 1. The lowest BCUT2D eigenvalue weighted by atomic mass is 10.1. The first-order valence-corrected chi connectivity index (χ1v) is 12.3. The predicted octanol–water partition coefficient (Wildman–Crippen LogP) is 5.33. The number of amides is 1. The summed E-state index contributed by atoms with van der Waals surface area (Å²) in [6, 6.07) is 18.1. The SMILES string of the molecule is COc1ccc(NS(=O)(=O)c2ccc(C)c(C(=O)Nc3cccc(-c4nc(C)c(C)o4)c3)c2)cc1. The minimum atomic E-state index is -3.91. The van der Waals surface area contributed by atoms with Crippen molar-refractivity contribution in [2.45, 2.75) is 25.7 Å². The van der Waals surface area contributed by atoms with E-state index in [-0.39, 0.29) is 10.5 Å². The van der Waals surface area contributed by atoms with Crippen molar-refractivity contribution >= 4 is 27.3 Å². The fourth-order valence-electron chi connectivity index (χ4n) is 3.41. The molecule has 4 aromatic rings. The number of nitrogens with one attached hydrogen (secondary N) is 2. The number of ether oxygens (including phenoxy) is 1. The Morgan fingerprint density at radius 1 is 0.943 bits per heavy atom. The molecule has 0 aliphatic rings. The van der Waals surface area contributed by atoms with Crippen molar-refractivity contribution in [1.29, 1.82) is 0 Å². The van der Waals surface area contributed by atoms with Crippen LogP contribution in [0.25, 0.3) is 11.5 Å². The van der Waals surface area contributed by atoms with Gasteiger partial charge in [0, 0.05) is 22.5 Å². The Hall–Kier alpha value is -4.11. The first kappa shape index (κ1) is 24.0. The second kappa shape index (κ2) is 9.63. The Kier molecular flexibility index (Phi) is 6.61. The summed E-state index contributed by atoms with van der Waals surface area (Å²) in [5.74, 6) is 1.37. The van der Waals surface area contributed by atoms with Crippen LogP contribution in [0.1, 0.15) is 27.4 Å². The number of sulfonamides is 1. The van der Waals surface area contributed by atoms with Crippen molar-refractivity contribution in [2.24, 2.45) is 0 Å². The molecule has 9 heteroatoms. The highest BCUT2D eigenvalue weighted by atomic mass is 32.2. The van der Waals surface area contributed by atoms with Crippen LogP contribution in [-0.4, -0.2) is 26.4 Å². The number of hydrogen-bond acceptors (Lipinski definition) is 6. The summed E-state index contributed by atoms with van der Waals surface area (Å²) in [6.07, 6.45) is 0. The molecule has 1 aromatic heterocycles. The number of aryl methyl sites for hydroxylation is 3. The molecule has 0 aliphatic heterocycles. The van der Waals surface area contributed by atoms with E-state index in [2.05, 4.69) is 15.0 Å². The number of nitrogens with zero attached hydrogens (tertiary/aromatic N) is 1. The largest absolute Gasteiger partial charge is 0.497 e. The van der Waals surface area contributed by atoms with Gasteiger partial charge in [-0.2, -0.15) is 0 Å². The van der Waals surface area contributed by atoms with Crippen molar-refractivity contribution in [3.63, 3.8) is 0 Å². The van der Waals surface area contributed by atoms with Crippen molar-refractivity contribution in [2.75, 3.05) is 17.1 Å². The predicted molar refractivity (Wildman–Crippen MR) is 134 cm³/mol. The van der Waals surface area contributed by atoms with Crippen LogP contribution < -0.4 is 14.8 Å². The van der Waals surface area contributed by atoms with E-state index in [1.165, 1.54) is 19.2 Å². The number of methoxy groups -OCH3 is 1. The fourth-order valence-corrected chi connectivity index (χ4v) is 4.50. The summed E-state index contributed by atoms with van der Waals surface area (Å²) < 4.78 is 39.2. The molecule has 180 valence electrons. The standard InChI is InChI=1S/C26H25N3O5S/c1-16-8-13-23(35(31,32)29-20-9-11-22(33-4)12-10-20)15-24(16)25(30)28-21-7-5-6-19(14-21)26-27-17(2)18(3)34-26/h5-15,29H,1-4H3,(H,28,30). The van der Waals surface area contributed by atoms with E-state index >= 15 is 0 Å². The summed E-state index contributed by atoms with van der Waals surface area (Å²) >= 11 is 0. The summed E-state index contributed by atoms with van der Waals surface area (Å²) in [7, 11) is -2.38. The average molecular weight is 492 g/mol. The topological polar surface area (TPSA) is 111 Å². The number of aromatic nitrogens is 1. The van der Waals surface area contributed by atoms with Crippen LogP contribution in [0, 0.1) is 20.8 Å². The molecule has 0 radical (unpaired) electrons. The van der Waals surface area contributed by atoms with E-state index in [1.54, 1.807) is 55.5 Å². The molecule has 0 saturated heterocycles. The van der Waals surface area contributed by atoms with Crippen LogP contribution in [0.4, 0.5) is 11.4 Å². The van der Waals surface area contributed by atoms with E-state index in [9.17, 15) is 13.2 Å². The van der Waals surface area contributed by atoms with Gasteiger partial charge in [-0.05, 0) is 80.9 Å². The van der Waals surface area contributed by atoms with E-state index in [0.717, 1.165) is 17.0 Å². The molecule has 0 unspecified atom stereocenters. The lowest BCUT2D eigenvalue weighted by Crippen LogP contribution is -2.17. The number of hydrogen-bond donors (Lipinski definition) is 2. The van der Waals surface area contributed by atoms with Gasteiger partial charge in [0.1, 0.15) is 11.5 Å². The minimum Gasteiger partial charge on any atom is -0.497 e. The van der Waals surface area contributed by atoms with E-state index in [1.807, 2.05) is 19.9 Å². The van der Waals surface area contributed by atoms with Crippen LogP contribution in [0.5, 0.6) is 5.75 Å². The van der Waals surface area contributed by atoms with Gasteiger partial charge in [0.15, 0.2) is 0 Å². The number of rotatable bonds is 7. The molecule has 0 bridgehead atoms. The van der Waals surface area contributed by atoms with Gasteiger partial charge in [-0.25, -0.2) is 13.4 Å². The average Bonchev–Trinajstić information content (AvgIpc) is 3.17. The molecular formula is C26H25N3O5S. The molecule has 0 aliphatic carbocycles. The molecule has 1 amide bonds. The van der Waals surface area contributed by atoms with Gasteiger partial charge < -0.3 is 14.5 Å². The third-order valence-electron chi connectivity index (χ3n) is 5.50. The first-order chi connectivity index (χ1) is 16.7. The lowest BCUT2D eigenvalue weighted by Gasteiger charge is -2.12. The van der Waals surface area contributed by atoms with E-state index < -0.39 is 15.9 Å². The zero-order chi connectivity index (χ0) is 25.2. The number of anilines is 2. The van der Waals surface area contributed by atoms with Gasteiger partial charge in [0.25, 0.3) is 15.9 Å². The third-order valence-corrected chi connectivity index (χ3v) is 6.88. The van der Waals surface area contributed by atoms with Crippen molar-refractivity contribution in [3.8, 4) is 17.2 Å². The number of carbonyl (C=O) groups is 1. The smallest absolute Gasteiger partial charge is 0.261 e. The maximum Gasteiger partial charge on any atom is 0.261 e. The Bertz CT molecular complexity index is 1470. The molecule has 0 saturated carbocycles. The molecule has 35 heavy (non-hydrogen) atoms. The molecule has 4 rings (SSSR count). The number of oxazole rings is 1. The molecular weight excluding hydrogens is 466 g/mol. The molecule has 1 heterocycles.